The third-order valence-corrected chi connectivity index (χ3v) is 5.92. The first-order chi connectivity index (χ1) is 15.3. The number of aliphatic hydroxyl groups is 2. The Labute approximate surface area is 183 Å². The van der Waals surface area contributed by atoms with Crippen LogP contribution in [-0.2, 0) is 27.5 Å². The summed E-state index contributed by atoms with van der Waals surface area (Å²) < 4.78 is 5.44. The van der Waals surface area contributed by atoms with Gasteiger partial charge in [0.1, 0.15) is 12.3 Å². The maximum Gasteiger partial charge on any atom is 0.355 e. The molecule has 1 amide bonds. The lowest BCUT2D eigenvalue weighted by Crippen LogP contribution is -2.61. The fourth-order valence-corrected chi connectivity index (χ4v) is 4.26. The van der Waals surface area contributed by atoms with Gasteiger partial charge in [0.25, 0.3) is 5.69 Å². The number of nitro groups is 1. The molecular weight excluding hydrogens is 416 g/mol. The molecule has 2 N–H and O–H groups in total. The van der Waals surface area contributed by atoms with Crippen molar-refractivity contribution in [2.24, 2.45) is 5.92 Å². The van der Waals surface area contributed by atoms with Crippen molar-refractivity contribution in [3.8, 4) is 0 Å². The molecule has 3 atom stereocenters. The van der Waals surface area contributed by atoms with Gasteiger partial charge in [0.15, 0.2) is 0 Å². The number of hydrogen-bond donors (Lipinski definition) is 2. The first-order valence-corrected chi connectivity index (χ1v) is 10.2. The number of aliphatic hydroxyl groups excluding tert-OH is 2. The Kier molecular flexibility index (Phi) is 5.77. The molecule has 2 heterocycles. The van der Waals surface area contributed by atoms with Gasteiger partial charge >= 0.3 is 5.97 Å². The molecule has 0 spiro atoms. The van der Waals surface area contributed by atoms with Crippen LogP contribution in [0.4, 0.5) is 5.69 Å². The molecule has 4 rings (SSSR count). The average Bonchev–Trinajstić information content (AvgIpc) is 3.12. The summed E-state index contributed by atoms with van der Waals surface area (Å²) in [6, 6.07) is 12.4. The number of nitro benzene ring substituents is 1. The molecule has 1 saturated heterocycles. The smallest absolute Gasteiger partial charge is 0.355 e. The van der Waals surface area contributed by atoms with Crippen molar-refractivity contribution in [2.45, 2.75) is 38.7 Å². The van der Waals surface area contributed by atoms with Crippen molar-refractivity contribution in [3.63, 3.8) is 0 Å². The van der Waals surface area contributed by atoms with E-state index in [1.165, 1.54) is 29.2 Å². The number of hydrogen-bond acceptors (Lipinski definition) is 7. The van der Waals surface area contributed by atoms with Crippen LogP contribution < -0.4 is 0 Å². The van der Waals surface area contributed by atoms with E-state index >= 15 is 0 Å². The van der Waals surface area contributed by atoms with E-state index in [2.05, 4.69) is 0 Å². The van der Waals surface area contributed by atoms with Gasteiger partial charge in [0.05, 0.1) is 29.6 Å². The van der Waals surface area contributed by atoms with Gasteiger partial charge in [0, 0.05) is 12.1 Å². The Bertz CT molecular complexity index is 1090. The third kappa shape index (κ3) is 3.76. The first-order valence-electron chi connectivity index (χ1n) is 10.2. The number of fused-ring (bicyclic) bond motifs is 1. The zero-order valence-electron chi connectivity index (χ0n) is 17.3. The predicted molar refractivity (Wildman–Crippen MR) is 113 cm³/mol. The standard InChI is InChI=1S/C23H22N2O7/c1-13(27)20-19-10-18(16-6-2-14(11-26)3-7-16)21(24(19)22(20)28)23(29)32-12-15-4-8-17(9-5-15)25(30)31/h2-9,13,19-20,26-27H,10-12H2,1H3. The average molecular weight is 438 g/mol. The molecule has 0 bridgehead atoms. The van der Waals surface area contributed by atoms with E-state index in [-0.39, 0.29) is 36.5 Å². The lowest BCUT2D eigenvalue weighted by Gasteiger charge is -2.44. The molecule has 2 aliphatic heterocycles. The topological polar surface area (TPSA) is 130 Å². The molecule has 166 valence electrons. The minimum absolute atomic E-state index is 0.0645. The molecule has 32 heavy (non-hydrogen) atoms. The predicted octanol–water partition coefficient (Wildman–Crippen LogP) is 2.15. The maximum absolute atomic E-state index is 13.0. The van der Waals surface area contributed by atoms with Gasteiger partial charge in [-0.1, -0.05) is 24.3 Å². The fourth-order valence-electron chi connectivity index (χ4n) is 4.26. The zero-order chi connectivity index (χ0) is 23.0. The molecule has 2 aromatic rings. The Morgan fingerprint density at radius 3 is 2.38 bits per heavy atom. The quantitative estimate of drug-likeness (QED) is 0.293. The largest absolute Gasteiger partial charge is 0.456 e. The molecule has 2 aromatic carbocycles. The number of carbonyl (C=O) groups excluding carboxylic acids is 2. The number of benzene rings is 2. The minimum Gasteiger partial charge on any atom is -0.456 e. The number of amides is 1. The highest BCUT2D eigenvalue weighted by Crippen LogP contribution is 2.47. The van der Waals surface area contributed by atoms with Crippen molar-refractivity contribution in [1.82, 2.24) is 4.90 Å². The first kappa shape index (κ1) is 21.7. The summed E-state index contributed by atoms with van der Waals surface area (Å²) >= 11 is 0. The monoisotopic (exact) mass is 438 g/mol. The van der Waals surface area contributed by atoms with E-state index in [0.717, 1.165) is 11.1 Å². The molecule has 2 aliphatic rings. The van der Waals surface area contributed by atoms with Crippen molar-refractivity contribution in [2.75, 3.05) is 0 Å². The molecule has 1 fully saturated rings. The summed E-state index contributed by atoms with van der Waals surface area (Å²) in [5, 5.41) is 30.1. The summed E-state index contributed by atoms with van der Waals surface area (Å²) in [6.45, 7) is 1.34. The number of nitrogens with zero attached hydrogens (tertiary/aromatic N) is 2. The number of carbonyl (C=O) groups is 2. The highest BCUT2D eigenvalue weighted by atomic mass is 16.6. The zero-order valence-corrected chi connectivity index (χ0v) is 17.3. The van der Waals surface area contributed by atoms with Crippen LogP contribution in [0.3, 0.4) is 0 Å². The summed E-state index contributed by atoms with van der Waals surface area (Å²) in [7, 11) is 0. The highest BCUT2D eigenvalue weighted by Gasteiger charge is 2.57. The van der Waals surface area contributed by atoms with Crippen LogP contribution in [0.2, 0.25) is 0 Å². The highest BCUT2D eigenvalue weighted by molar-refractivity contribution is 6.06. The summed E-state index contributed by atoms with van der Waals surface area (Å²) in [5.74, 6) is -1.58. The molecule has 0 aliphatic carbocycles. The van der Waals surface area contributed by atoms with Gasteiger partial charge in [-0.25, -0.2) is 4.79 Å². The molecule has 0 saturated carbocycles. The second kappa shape index (κ2) is 8.52. The number of non-ortho nitro benzene ring substituents is 1. The Hall–Kier alpha value is -3.56. The number of ether oxygens (including phenoxy) is 1. The summed E-state index contributed by atoms with van der Waals surface area (Å²) in [4.78, 5) is 37.4. The van der Waals surface area contributed by atoms with Gasteiger partial charge in [-0.05, 0) is 47.7 Å². The van der Waals surface area contributed by atoms with E-state index in [9.17, 15) is 29.9 Å². The molecular formula is C23H22N2O7. The lowest BCUT2D eigenvalue weighted by molar-refractivity contribution is -0.384. The fraction of sp³-hybridized carbons (Fsp3) is 0.304. The van der Waals surface area contributed by atoms with Crippen LogP contribution in [0, 0.1) is 16.0 Å². The SMILES string of the molecule is CC(O)C1C(=O)N2C(C(=O)OCc3ccc([N+](=O)[O-])cc3)=C(c3ccc(CO)cc3)CC12. The number of esters is 1. The Balaban J connectivity index is 1.59. The van der Waals surface area contributed by atoms with Gasteiger partial charge < -0.3 is 19.8 Å². The maximum atomic E-state index is 13.0. The number of rotatable bonds is 7. The van der Waals surface area contributed by atoms with E-state index < -0.39 is 22.9 Å². The molecule has 0 aromatic heterocycles. The van der Waals surface area contributed by atoms with Gasteiger partial charge in [0.2, 0.25) is 5.91 Å². The van der Waals surface area contributed by atoms with Crippen molar-refractivity contribution >= 4 is 23.1 Å². The molecule has 0 radical (unpaired) electrons. The van der Waals surface area contributed by atoms with Crippen molar-refractivity contribution in [3.05, 3.63) is 81.0 Å². The van der Waals surface area contributed by atoms with Gasteiger partial charge in [-0.15, -0.1) is 0 Å². The van der Waals surface area contributed by atoms with E-state index in [1.807, 2.05) is 0 Å². The van der Waals surface area contributed by atoms with E-state index in [0.29, 0.717) is 17.6 Å². The number of β-lactam (4-membered cyclic amide) rings is 1. The van der Waals surface area contributed by atoms with E-state index in [1.54, 1.807) is 31.2 Å². The van der Waals surface area contributed by atoms with Crippen molar-refractivity contribution < 1.29 is 29.5 Å². The third-order valence-electron chi connectivity index (χ3n) is 5.92. The molecule has 3 unspecified atom stereocenters. The summed E-state index contributed by atoms with van der Waals surface area (Å²) in [5.41, 5.74) is 2.75. The van der Waals surface area contributed by atoms with Gasteiger partial charge in [-0.3, -0.25) is 14.9 Å². The Morgan fingerprint density at radius 1 is 1.19 bits per heavy atom. The summed E-state index contributed by atoms with van der Waals surface area (Å²) in [6.07, 6.45) is -0.431. The normalized spacial score (nSPS) is 20.6. The van der Waals surface area contributed by atoms with Crippen molar-refractivity contribution in [1.29, 1.82) is 0 Å². The van der Waals surface area contributed by atoms with E-state index in [4.69, 9.17) is 4.74 Å². The second-order valence-corrected chi connectivity index (χ2v) is 7.93. The van der Waals surface area contributed by atoms with Crippen LogP contribution in [0.15, 0.2) is 54.2 Å². The van der Waals surface area contributed by atoms with Crippen LogP contribution in [-0.4, -0.2) is 44.1 Å². The van der Waals surface area contributed by atoms with Crippen LogP contribution in [0.25, 0.3) is 5.57 Å². The van der Waals surface area contributed by atoms with Gasteiger partial charge in [-0.2, -0.15) is 0 Å². The van der Waals surface area contributed by atoms with Crippen LogP contribution >= 0.6 is 0 Å². The second-order valence-electron chi connectivity index (χ2n) is 7.93. The minimum atomic E-state index is -0.836. The lowest BCUT2D eigenvalue weighted by atomic mass is 9.82. The molecule has 9 nitrogen and oxygen atoms in total. The van der Waals surface area contributed by atoms with Crippen LogP contribution in [0.5, 0.6) is 0 Å². The van der Waals surface area contributed by atoms with Crippen LogP contribution in [0.1, 0.15) is 30.0 Å². The molecule has 9 heteroatoms. The Morgan fingerprint density at radius 2 is 1.81 bits per heavy atom.